The van der Waals surface area contributed by atoms with Crippen LogP contribution in [0, 0.1) is 0 Å². The molecule has 15 nitrogen and oxygen atoms in total. The van der Waals surface area contributed by atoms with Crippen LogP contribution in [-0.4, -0.2) is 145 Å². The van der Waals surface area contributed by atoms with Crippen molar-refractivity contribution in [3.05, 3.63) is 12.2 Å². The van der Waals surface area contributed by atoms with E-state index in [4.69, 9.17) is 44.4 Å². The fraction of sp³-hybridized carbons (Fsp3) is 0.850. The molecule has 35 heavy (non-hydrogen) atoms. The molecule has 4 atom stereocenters. The van der Waals surface area contributed by atoms with Gasteiger partial charge in [0.1, 0.15) is 24.6 Å². The summed E-state index contributed by atoms with van der Waals surface area (Å²) in [5.74, 6) is 0.237. The molecule has 1 aliphatic rings. The van der Waals surface area contributed by atoms with Gasteiger partial charge in [-0.1, -0.05) is 0 Å². The second-order valence-electron chi connectivity index (χ2n) is 7.33. The molecule has 1 aromatic rings. The maximum absolute atomic E-state index is 10.0. The second kappa shape index (κ2) is 17.6. The summed E-state index contributed by atoms with van der Waals surface area (Å²) in [6, 6.07) is 0. The highest BCUT2D eigenvalue weighted by atomic mass is 16.6. The van der Waals surface area contributed by atoms with E-state index in [1.165, 1.54) is 11.0 Å². The predicted octanol–water partition coefficient (Wildman–Crippen LogP) is -3.33. The van der Waals surface area contributed by atoms with E-state index in [2.05, 4.69) is 15.1 Å². The van der Waals surface area contributed by atoms with Crippen molar-refractivity contribution < 1.29 is 48.8 Å². The molecule has 0 aromatic carbocycles. The van der Waals surface area contributed by atoms with Gasteiger partial charge >= 0.3 is 0 Å². The molecule has 1 fully saturated rings. The van der Waals surface area contributed by atoms with E-state index in [9.17, 15) is 10.2 Å². The Bertz CT molecular complexity index is 710. The van der Waals surface area contributed by atoms with Crippen LogP contribution in [0.25, 0.3) is 0 Å². The van der Waals surface area contributed by atoms with Crippen LogP contribution in [0.15, 0.2) is 11.3 Å². The van der Waals surface area contributed by atoms with Crippen molar-refractivity contribution in [3.63, 3.8) is 0 Å². The number of ether oxygens (including phenoxy) is 6. The molecule has 202 valence electrons. The van der Waals surface area contributed by atoms with E-state index >= 15 is 0 Å². The molecule has 6 N–H and O–H groups in total. The zero-order valence-corrected chi connectivity index (χ0v) is 19.7. The topological polar surface area (TPSA) is 205 Å². The SMILES string of the molecule is NC(=NCCOCCOCCOCCOCCOCCO)c1ncn([C@@H]2O[C@H](CO)[C@@H](O)[C@H]2O)n1. The standard InChI is InChI=1S/C20H37N5O10/c21-18(19-23-14-25(24-19)20-17(29)16(28)15(13-27)35-20)22-1-3-30-5-7-32-9-11-34-12-10-33-8-6-31-4-2-26/h14-17,20,26-29H,1-13H2,(H2,21,22)/t15-,16-,17-,20-/m1/s1. The van der Waals surface area contributed by atoms with Crippen LogP contribution in [0.1, 0.15) is 12.1 Å². The summed E-state index contributed by atoms with van der Waals surface area (Å²) in [5, 5.41) is 41.7. The molecule has 0 aliphatic carbocycles. The van der Waals surface area contributed by atoms with Crippen LogP contribution in [0.2, 0.25) is 0 Å². The van der Waals surface area contributed by atoms with Gasteiger partial charge in [-0.2, -0.15) is 0 Å². The molecule has 0 bridgehead atoms. The van der Waals surface area contributed by atoms with Crippen LogP contribution < -0.4 is 5.73 Å². The minimum atomic E-state index is -1.26. The Hall–Kier alpha value is -1.79. The number of hydrogen-bond acceptors (Lipinski definition) is 13. The summed E-state index contributed by atoms with van der Waals surface area (Å²) in [6.07, 6.45) is -3.08. The number of amidine groups is 1. The lowest BCUT2D eigenvalue weighted by molar-refractivity contribution is -0.0588. The summed E-state index contributed by atoms with van der Waals surface area (Å²) in [6.45, 7) is 4.05. The number of aromatic nitrogens is 3. The maximum Gasteiger partial charge on any atom is 0.216 e. The summed E-state index contributed by atoms with van der Waals surface area (Å²) in [5.41, 5.74) is 5.89. The van der Waals surface area contributed by atoms with Crippen LogP contribution >= 0.6 is 0 Å². The fourth-order valence-electron chi connectivity index (χ4n) is 2.96. The fourth-order valence-corrected chi connectivity index (χ4v) is 2.96. The molecular weight excluding hydrogens is 470 g/mol. The number of aliphatic imine (C=N–C) groups is 1. The minimum Gasteiger partial charge on any atom is -0.394 e. The first-order chi connectivity index (χ1) is 17.1. The summed E-state index contributed by atoms with van der Waals surface area (Å²) in [4.78, 5) is 8.18. The number of hydrogen-bond donors (Lipinski definition) is 5. The third-order valence-corrected chi connectivity index (χ3v) is 4.76. The summed E-state index contributed by atoms with van der Waals surface area (Å²) in [7, 11) is 0. The first-order valence-electron chi connectivity index (χ1n) is 11.4. The van der Waals surface area contributed by atoms with Crippen molar-refractivity contribution in [1.82, 2.24) is 14.8 Å². The van der Waals surface area contributed by atoms with E-state index < -0.39 is 31.1 Å². The van der Waals surface area contributed by atoms with Crippen molar-refractivity contribution in [3.8, 4) is 0 Å². The van der Waals surface area contributed by atoms with Gasteiger partial charge in [-0.3, -0.25) is 4.99 Å². The first kappa shape index (κ1) is 29.4. The Morgan fingerprint density at radius 2 is 1.43 bits per heavy atom. The quantitative estimate of drug-likeness (QED) is 0.0666. The Morgan fingerprint density at radius 3 is 1.94 bits per heavy atom. The van der Waals surface area contributed by atoms with Crippen molar-refractivity contribution in [1.29, 1.82) is 0 Å². The normalized spacial score (nSPS) is 22.8. The van der Waals surface area contributed by atoms with Gasteiger partial charge in [0.05, 0.1) is 85.8 Å². The largest absolute Gasteiger partial charge is 0.394 e. The monoisotopic (exact) mass is 507 g/mol. The molecule has 0 spiro atoms. The van der Waals surface area contributed by atoms with Crippen LogP contribution in [0.4, 0.5) is 0 Å². The maximum atomic E-state index is 10.0. The molecule has 0 unspecified atom stereocenters. The smallest absolute Gasteiger partial charge is 0.216 e. The number of aliphatic hydroxyl groups excluding tert-OH is 4. The Balaban J connectivity index is 1.46. The summed E-state index contributed by atoms with van der Waals surface area (Å²) >= 11 is 0. The van der Waals surface area contributed by atoms with Gasteiger partial charge < -0.3 is 54.6 Å². The molecule has 0 amide bonds. The van der Waals surface area contributed by atoms with E-state index in [1.54, 1.807) is 0 Å². The van der Waals surface area contributed by atoms with Gasteiger partial charge in [0.15, 0.2) is 12.1 Å². The number of nitrogens with two attached hydrogens (primary N) is 1. The lowest BCUT2D eigenvalue weighted by Crippen LogP contribution is -2.33. The van der Waals surface area contributed by atoms with Crippen LogP contribution in [-0.2, 0) is 28.4 Å². The van der Waals surface area contributed by atoms with Gasteiger partial charge in [-0.05, 0) is 0 Å². The zero-order valence-electron chi connectivity index (χ0n) is 19.7. The van der Waals surface area contributed by atoms with Gasteiger partial charge in [-0.15, -0.1) is 5.10 Å². The van der Waals surface area contributed by atoms with Crippen molar-refractivity contribution in [2.45, 2.75) is 24.5 Å². The van der Waals surface area contributed by atoms with E-state index in [0.29, 0.717) is 72.6 Å². The van der Waals surface area contributed by atoms with Crippen molar-refractivity contribution >= 4 is 5.84 Å². The lowest BCUT2D eigenvalue weighted by Gasteiger charge is -2.13. The highest BCUT2D eigenvalue weighted by molar-refractivity contribution is 5.93. The summed E-state index contributed by atoms with van der Waals surface area (Å²) < 4.78 is 33.2. The molecule has 2 heterocycles. The Morgan fingerprint density at radius 1 is 0.886 bits per heavy atom. The lowest BCUT2D eigenvalue weighted by atomic mass is 10.1. The van der Waals surface area contributed by atoms with E-state index in [1.807, 2.05) is 0 Å². The first-order valence-corrected chi connectivity index (χ1v) is 11.4. The third-order valence-electron chi connectivity index (χ3n) is 4.76. The highest BCUT2D eigenvalue weighted by Crippen LogP contribution is 2.28. The minimum absolute atomic E-state index is 0.00676. The molecule has 0 saturated carbocycles. The average Bonchev–Trinajstić information content (AvgIpc) is 3.46. The van der Waals surface area contributed by atoms with E-state index in [0.717, 1.165) is 0 Å². The van der Waals surface area contributed by atoms with Gasteiger partial charge in [0.25, 0.3) is 0 Å². The van der Waals surface area contributed by atoms with Gasteiger partial charge in [-0.25, -0.2) is 9.67 Å². The number of rotatable bonds is 20. The zero-order chi connectivity index (χ0) is 25.3. The van der Waals surface area contributed by atoms with E-state index in [-0.39, 0.29) is 18.3 Å². The molecule has 15 heteroatoms. The third kappa shape index (κ3) is 10.8. The van der Waals surface area contributed by atoms with Crippen LogP contribution in [0.3, 0.4) is 0 Å². The number of nitrogens with zero attached hydrogens (tertiary/aromatic N) is 4. The molecule has 1 aliphatic heterocycles. The highest BCUT2D eigenvalue weighted by Gasteiger charge is 2.43. The van der Waals surface area contributed by atoms with Crippen molar-refractivity contribution in [2.24, 2.45) is 10.7 Å². The van der Waals surface area contributed by atoms with Gasteiger partial charge in [0, 0.05) is 0 Å². The molecular formula is C20H37N5O10. The molecule has 2 rings (SSSR count). The molecule has 1 saturated heterocycles. The van der Waals surface area contributed by atoms with Gasteiger partial charge in [0.2, 0.25) is 5.82 Å². The van der Waals surface area contributed by atoms with Crippen LogP contribution in [0.5, 0.6) is 0 Å². The van der Waals surface area contributed by atoms with Crippen molar-refractivity contribution in [2.75, 3.05) is 85.8 Å². The molecule has 0 radical (unpaired) electrons. The molecule has 1 aromatic heterocycles. The Kier molecular flexibility index (Phi) is 14.8. The second-order valence-corrected chi connectivity index (χ2v) is 7.33. The Labute approximate surface area is 203 Å². The number of aliphatic hydroxyl groups is 4. The predicted molar refractivity (Wildman–Crippen MR) is 120 cm³/mol. The average molecular weight is 508 g/mol.